The van der Waals surface area contributed by atoms with Gasteiger partial charge in [-0.25, -0.2) is 9.78 Å². The minimum atomic E-state index is -1.26. The highest BCUT2D eigenvalue weighted by Gasteiger charge is 2.43. The Hall–Kier alpha value is -1.36. The third-order valence-electron chi connectivity index (χ3n) is 2.53. The Morgan fingerprint density at radius 1 is 1.33 bits per heavy atom. The van der Waals surface area contributed by atoms with E-state index in [1.807, 2.05) is 0 Å². The van der Waals surface area contributed by atoms with Crippen molar-refractivity contribution in [3.8, 4) is 0 Å². The second-order valence-electron chi connectivity index (χ2n) is 3.54. The Labute approximate surface area is 102 Å². The lowest BCUT2D eigenvalue weighted by Gasteiger charge is -2.16. The summed E-state index contributed by atoms with van der Waals surface area (Å²) in [5.41, 5.74) is -0.586. The van der Waals surface area contributed by atoms with E-state index in [1.165, 1.54) is 18.5 Å². The molecule has 1 aromatic rings. The third-order valence-corrected chi connectivity index (χ3v) is 2.53. The molecule has 9 heteroatoms. The number of aromatic nitrogens is 2. The number of rotatable bonds is 2. The summed E-state index contributed by atoms with van der Waals surface area (Å²) in [5, 5.41) is 28.1. The second kappa shape index (κ2) is 6.54. The maximum absolute atomic E-state index is 11.4. The molecule has 1 saturated heterocycles. The zero-order chi connectivity index (χ0) is 11.7. The second-order valence-corrected chi connectivity index (χ2v) is 3.54. The number of aliphatic hydroxyl groups is 3. The van der Waals surface area contributed by atoms with Gasteiger partial charge < -0.3 is 31.0 Å². The average molecular weight is 264 g/mol. The van der Waals surface area contributed by atoms with Crippen molar-refractivity contribution >= 4 is 0 Å². The fourth-order valence-electron chi connectivity index (χ4n) is 1.67. The molecule has 1 aliphatic heterocycles. The van der Waals surface area contributed by atoms with Crippen molar-refractivity contribution in [2.75, 3.05) is 6.61 Å². The molecule has 0 radical (unpaired) electrons. The summed E-state index contributed by atoms with van der Waals surface area (Å²) in [7, 11) is 0. The van der Waals surface area contributed by atoms with Crippen molar-refractivity contribution in [2.45, 2.75) is 24.5 Å². The predicted octanol–water partition coefficient (Wildman–Crippen LogP) is -3.79. The molecule has 2 heterocycles. The lowest BCUT2D eigenvalue weighted by atomic mass is 10.1. The predicted molar refractivity (Wildman–Crippen MR) is 58.7 cm³/mol. The highest BCUT2D eigenvalue weighted by Crippen LogP contribution is 2.27. The van der Waals surface area contributed by atoms with Crippen LogP contribution in [-0.4, -0.2) is 60.7 Å². The molecule has 0 amide bonds. The quantitative estimate of drug-likeness (QED) is 0.495. The number of hydrogen-bond donors (Lipinski definition) is 3. The summed E-state index contributed by atoms with van der Waals surface area (Å²) in [6.45, 7) is -0.427. The van der Waals surface area contributed by atoms with Gasteiger partial charge in [0.2, 0.25) is 0 Å². The third kappa shape index (κ3) is 2.72. The van der Waals surface area contributed by atoms with Gasteiger partial charge in [-0.15, -0.1) is 0 Å². The standard InChI is InChI=1S/C9H12N2O5.2H2O/c12-4-5-6(13)7(14)8(16-5)11-3-1-2-10-9(11)15;;/h1-3,5-8,12-14H,4H2;2*1H2/t5-,6-,7-,8-;;/m1../s1. The lowest BCUT2D eigenvalue weighted by Crippen LogP contribution is -2.35. The molecule has 0 aliphatic carbocycles. The summed E-state index contributed by atoms with van der Waals surface area (Å²) in [5.74, 6) is 0. The Morgan fingerprint density at radius 2 is 2.00 bits per heavy atom. The smallest absolute Gasteiger partial charge is 0.349 e. The van der Waals surface area contributed by atoms with E-state index in [0.717, 1.165) is 4.57 Å². The van der Waals surface area contributed by atoms with Gasteiger partial charge >= 0.3 is 5.69 Å². The number of nitrogens with zero attached hydrogens (tertiary/aromatic N) is 2. The maximum atomic E-state index is 11.4. The number of hydrogen-bond acceptors (Lipinski definition) is 6. The summed E-state index contributed by atoms with van der Waals surface area (Å²) in [6.07, 6.45) is -1.68. The van der Waals surface area contributed by atoms with Crippen molar-refractivity contribution in [1.82, 2.24) is 9.55 Å². The summed E-state index contributed by atoms with van der Waals surface area (Å²) in [6, 6.07) is 1.51. The largest absolute Gasteiger partial charge is 0.412 e. The van der Waals surface area contributed by atoms with Crippen LogP contribution in [0.25, 0.3) is 0 Å². The van der Waals surface area contributed by atoms with E-state index in [1.54, 1.807) is 0 Å². The van der Waals surface area contributed by atoms with Gasteiger partial charge in [-0.1, -0.05) is 0 Å². The molecular formula is C9H16N2O7. The topological polar surface area (TPSA) is 168 Å². The Morgan fingerprint density at radius 3 is 2.50 bits per heavy atom. The van der Waals surface area contributed by atoms with Crippen molar-refractivity contribution in [3.05, 3.63) is 28.9 Å². The number of aliphatic hydroxyl groups excluding tert-OH is 3. The van der Waals surface area contributed by atoms with Gasteiger partial charge in [-0.05, 0) is 6.07 Å². The van der Waals surface area contributed by atoms with Gasteiger partial charge in [0, 0.05) is 12.4 Å². The highest BCUT2D eigenvalue weighted by molar-refractivity contribution is 4.92. The van der Waals surface area contributed by atoms with Gasteiger partial charge in [0.05, 0.1) is 6.61 Å². The molecule has 7 N–H and O–H groups in total. The van der Waals surface area contributed by atoms with Crippen LogP contribution in [0.4, 0.5) is 0 Å². The van der Waals surface area contributed by atoms with Crippen LogP contribution < -0.4 is 5.69 Å². The van der Waals surface area contributed by atoms with E-state index >= 15 is 0 Å². The normalized spacial score (nSPS) is 30.4. The van der Waals surface area contributed by atoms with Gasteiger partial charge in [0.1, 0.15) is 18.3 Å². The molecule has 0 spiro atoms. The van der Waals surface area contributed by atoms with E-state index in [-0.39, 0.29) is 11.0 Å². The molecule has 18 heavy (non-hydrogen) atoms. The molecule has 1 fully saturated rings. The minimum Gasteiger partial charge on any atom is -0.412 e. The SMILES string of the molecule is O.O.O=c1ncccn1[C@@H]1O[C@H](CO)[C@@H](O)[C@H]1O. The number of ether oxygens (including phenoxy) is 1. The zero-order valence-electron chi connectivity index (χ0n) is 9.30. The van der Waals surface area contributed by atoms with E-state index in [9.17, 15) is 15.0 Å². The van der Waals surface area contributed by atoms with Crippen LogP contribution in [0, 0.1) is 0 Å². The lowest BCUT2D eigenvalue weighted by molar-refractivity contribution is -0.0549. The molecule has 1 aromatic heterocycles. The fourth-order valence-corrected chi connectivity index (χ4v) is 1.67. The fraction of sp³-hybridized carbons (Fsp3) is 0.556. The summed E-state index contributed by atoms with van der Waals surface area (Å²) in [4.78, 5) is 14.9. The van der Waals surface area contributed by atoms with Crippen LogP contribution in [0.5, 0.6) is 0 Å². The Kier molecular flexibility index (Phi) is 6.05. The first kappa shape index (κ1) is 16.6. The Bertz CT molecular complexity index is 423. The van der Waals surface area contributed by atoms with Gasteiger partial charge in [-0.3, -0.25) is 4.57 Å². The van der Waals surface area contributed by atoms with Crippen molar-refractivity contribution < 1.29 is 31.0 Å². The summed E-state index contributed by atoms with van der Waals surface area (Å²) < 4.78 is 6.25. The molecule has 1 aliphatic rings. The zero-order valence-corrected chi connectivity index (χ0v) is 9.30. The average Bonchev–Trinajstić information content (AvgIpc) is 2.57. The molecule has 0 aromatic carbocycles. The first-order valence-electron chi connectivity index (χ1n) is 4.80. The molecule has 104 valence electrons. The van der Waals surface area contributed by atoms with E-state index in [2.05, 4.69) is 4.98 Å². The van der Waals surface area contributed by atoms with Crippen LogP contribution in [0.1, 0.15) is 6.23 Å². The van der Waals surface area contributed by atoms with Crippen LogP contribution in [0.3, 0.4) is 0 Å². The first-order chi connectivity index (χ1) is 7.65. The van der Waals surface area contributed by atoms with Crippen molar-refractivity contribution in [3.63, 3.8) is 0 Å². The molecule has 4 atom stereocenters. The van der Waals surface area contributed by atoms with Crippen LogP contribution in [0.2, 0.25) is 0 Å². The van der Waals surface area contributed by atoms with Crippen LogP contribution in [0.15, 0.2) is 23.3 Å². The highest BCUT2D eigenvalue weighted by atomic mass is 16.6. The summed E-state index contributed by atoms with van der Waals surface area (Å²) >= 11 is 0. The monoisotopic (exact) mass is 264 g/mol. The van der Waals surface area contributed by atoms with Crippen molar-refractivity contribution in [2.24, 2.45) is 0 Å². The molecule has 0 unspecified atom stereocenters. The maximum Gasteiger partial charge on any atom is 0.349 e. The first-order valence-corrected chi connectivity index (χ1v) is 4.80. The van der Waals surface area contributed by atoms with Gasteiger partial charge in [-0.2, -0.15) is 0 Å². The molecule has 0 saturated carbocycles. The van der Waals surface area contributed by atoms with Gasteiger partial charge in [0.25, 0.3) is 0 Å². The minimum absolute atomic E-state index is 0. The Balaban J connectivity index is 0.00000144. The van der Waals surface area contributed by atoms with E-state index < -0.39 is 36.8 Å². The molecular weight excluding hydrogens is 248 g/mol. The van der Waals surface area contributed by atoms with E-state index in [0.29, 0.717) is 0 Å². The molecule has 9 nitrogen and oxygen atoms in total. The van der Waals surface area contributed by atoms with Crippen LogP contribution >= 0.6 is 0 Å². The van der Waals surface area contributed by atoms with Gasteiger partial charge in [0.15, 0.2) is 6.23 Å². The van der Waals surface area contributed by atoms with Crippen LogP contribution in [-0.2, 0) is 4.74 Å². The van der Waals surface area contributed by atoms with E-state index in [4.69, 9.17) is 9.84 Å². The van der Waals surface area contributed by atoms with Crippen molar-refractivity contribution in [1.29, 1.82) is 0 Å². The molecule has 0 bridgehead atoms. The molecule has 2 rings (SSSR count).